The van der Waals surface area contributed by atoms with Crippen LogP contribution in [0.2, 0.25) is 0 Å². The number of hydroxylamine groups is 2. The number of aromatic nitrogens is 3. The van der Waals surface area contributed by atoms with E-state index in [4.69, 9.17) is 20.3 Å². The molecule has 4 heterocycles. The van der Waals surface area contributed by atoms with E-state index in [9.17, 15) is 47.9 Å². The molecule has 3 aromatic carbocycles. The number of fused-ring (bicyclic) bond motifs is 1. The molecule has 9 N–H and O–H groups in total. The first-order valence-corrected chi connectivity index (χ1v) is 30.0. The molecule has 0 spiro atoms. The first-order valence-electron chi connectivity index (χ1n) is 29.1. The number of ether oxygens (including phenoxy) is 1. The minimum Gasteiger partial charge on any atom is -0.445 e. The summed E-state index contributed by atoms with van der Waals surface area (Å²) in [5, 5.41) is 24.6. The number of halogens is 1. The number of thioether (sulfide) groups is 1. The molecule has 2 aromatic heterocycles. The number of amides is 10. The molecule has 2 aliphatic heterocycles. The summed E-state index contributed by atoms with van der Waals surface area (Å²) in [6, 6.07) is 16.8. The van der Waals surface area contributed by atoms with Crippen molar-refractivity contribution in [2.24, 2.45) is 23.5 Å². The van der Waals surface area contributed by atoms with Gasteiger partial charge in [-0.2, -0.15) is 14.0 Å². The standard InChI is InChI=1S/C61H72FN13O12S/c1-6-47(76)66-40-22-18-38(19-23-40)54(79)69-43-10-7-9-42(31-43)67-53-50(62)58(72-52-45(34(2)3)32-65-74(52)53)88-44-26-29-73(30-27-44)61(85)86-33-36-12-20-41(21-13-36)68-56(81)46(11-8-28-64-60(63)84)70-57(82)51(35(4)5)71-55(80)37-14-16-39(17-15-37)59(83)87-75-48(77)24-25-49(75)78/h6-7,9-10,12-13,18-23,31-32,34-35,37,39,44,46,51,67H,1,8,11,14-17,24-30,33H2,2-5H3,(H,66,76)(H,68,81)(H,69,79)(H,70,82)(H,71,80)(H3,63,64,84)/t37?,39?,46-,51-/m0/s1. The molecule has 5 aromatic rings. The Hall–Kier alpha value is -9.40. The van der Waals surface area contributed by atoms with Crippen LogP contribution in [0.5, 0.6) is 0 Å². The van der Waals surface area contributed by atoms with Gasteiger partial charge in [0.1, 0.15) is 23.7 Å². The van der Waals surface area contributed by atoms with Crippen LogP contribution >= 0.6 is 11.8 Å². The van der Waals surface area contributed by atoms with E-state index >= 15 is 4.39 Å². The Kier molecular flexibility index (Phi) is 21.9. The number of urea groups is 1. The molecule has 2 atom stereocenters. The summed E-state index contributed by atoms with van der Waals surface area (Å²) in [4.78, 5) is 139. The normalized spacial score (nSPS) is 16.8. The number of carbonyl (C=O) groups is 10. The van der Waals surface area contributed by atoms with Gasteiger partial charge in [0.05, 0.1) is 12.1 Å². The maximum absolute atomic E-state index is 16.8. The zero-order valence-corrected chi connectivity index (χ0v) is 50.0. The van der Waals surface area contributed by atoms with E-state index in [2.05, 4.69) is 48.9 Å². The lowest BCUT2D eigenvalue weighted by atomic mass is 9.81. The molecule has 10 amide bonds. The second-order valence-corrected chi connectivity index (χ2v) is 23.6. The average Bonchev–Trinajstić information content (AvgIpc) is 3.30. The molecule has 0 radical (unpaired) electrons. The van der Waals surface area contributed by atoms with E-state index in [0.29, 0.717) is 83.4 Å². The molecule has 466 valence electrons. The summed E-state index contributed by atoms with van der Waals surface area (Å²) in [5.74, 6) is -6.38. The molecular weight excluding hydrogens is 1160 g/mol. The van der Waals surface area contributed by atoms with Crippen LogP contribution in [-0.2, 0) is 49.7 Å². The molecule has 3 fully saturated rings. The van der Waals surface area contributed by atoms with Crippen molar-refractivity contribution in [1.82, 2.24) is 40.5 Å². The van der Waals surface area contributed by atoms with Crippen LogP contribution in [-0.4, -0.2) is 121 Å². The number of primary amides is 1. The fourth-order valence-corrected chi connectivity index (χ4v) is 11.3. The molecule has 25 nitrogen and oxygen atoms in total. The summed E-state index contributed by atoms with van der Waals surface area (Å²) in [5.41, 5.74) is 9.28. The average molecular weight is 1230 g/mol. The number of nitrogens with two attached hydrogens (primary N) is 1. The molecule has 1 aliphatic carbocycles. The Labute approximate surface area is 511 Å². The molecular formula is C61H72FN13O12S. The Balaban J connectivity index is 0.818. The predicted molar refractivity (Wildman–Crippen MR) is 324 cm³/mol. The first-order chi connectivity index (χ1) is 42.1. The molecule has 2 saturated heterocycles. The molecule has 0 unspecified atom stereocenters. The Morgan fingerprint density at radius 2 is 1.44 bits per heavy atom. The zero-order valence-electron chi connectivity index (χ0n) is 49.2. The van der Waals surface area contributed by atoms with Crippen molar-refractivity contribution in [3.63, 3.8) is 0 Å². The van der Waals surface area contributed by atoms with Gasteiger partial charge in [-0.05, 0) is 129 Å². The van der Waals surface area contributed by atoms with Gasteiger partial charge in [0.15, 0.2) is 17.3 Å². The third-order valence-electron chi connectivity index (χ3n) is 15.2. The summed E-state index contributed by atoms with van der Waals surface area (Å²) >= 11 is 1.28. The third kappa shape index (κ3) is 17.0. The van der Waals surface area contributed by atoms with Gasteiger partial charge in [0.2, 0.25) is 23.6 Å². The van der Waals surface area contributed by atoms with Crippen LogP contribution in [0.1, 0.15) is 119 Å². The molecule has 88 heavy (non-hydrogen) atoms. The van der Waals surface area contributed by atoms with Crippen molar-refractivity contribution in [2.75, 3.05) is 40.9 Å². The number of imide groups is 1. The number of likely N-dealkylation sites (tertiary alicyclic amines) is 1. The number of hydrogen-bond acceptors (Lipinski definition) is 16. The van der Waals surface area contributed by atoms with Crippen molar-refractivity contribution < 1.29 is 61.9 Å². The lowest BCUT2D eigenvalue weighted by molar-refractivity contribution is -0.201. The number of nitrogens with one attached hydrogen (secondary N) is 7. The highest BCUT2D eigenvalue weighted by Crippen LogP contribution is 2.37. The van der Waals surface area contributed by atoms with Crippen molar-refractivity contribution >= 4 is 105 Å². The number of benzene rings is 3. The minimum absolute atomic E-state index is 0.0179. The summed E-state index contributed by atoms with van der Waals surface area (Å²) in [6.07, 6.45) is 4.71. The Bertz CT molecular complexity index is 3420. The van der Waals surface area contributed by atoms with Crippen LogP contribution in [0.3, 0.4) is 0 Å². The smallest absolute Gasteiger partial charge is 0.410 e. The van der Waals surface area contributed by atoms with Gasteiger partial charge in [-0.15, -0.1) is 5.06 Å². The van der Waals surface area contributed by atoms with Gasteiger partial charge >= 0.3 is 18.1 Å². The van der Waals surface area contributed by atoms with Crippen LogP contribution in [0, 0.1) is 23.6 Å². The van der Waals surface area contributed by atoms with E-state index in [1.165, 1.54) is 16.3 Å². The molecule has 3 aliphatic rings. The van der Waals surface area contributed by atoms with E-state index in [1.807, 2.05) is 13.8 Å². The number of nitrogens with zero attached hydrogens (tertiary/aromatic N) is 5. The van der Waals surface area contributed by atoms with Crippen molar-refractivity contribution in [3.05, 3.63) is 114 Å². The first kappa shape index (κ1) is 64.6. The summed E-state index contributed by atoms with van der Waals surface area (Å²) < 4.78 is 23.9. The van der Waals surface area contributed by atoms with Gasteiger partial charge in [0, 0.05) is 77.5 Å². The highest BCUT2D eigenvalue weighted by Gasteiger charge is 2.39. The SMILES string of the molecule is C=CC(=O)Nc1ccc(C(=O)Nc2cccc(Nc3c(F)c(SC4CCN(C(=O)OCc5ccc(NC(=O)[C@H](CCCNC(N)=O)NC(=O)[C@@H](NC(=O)C6CCC(C(=O)ON7C(=O)CCC7=O)CC6)C(C)C)cc5)CC4)nc4c(C(C)C)cnn34)c2)cc1. The van der Waals surface area contributed by atoms with Crippen LogP contribution < -0.4 is 43.0 Å². The minimum atomic E-state index is -1.11. The maximum Gasteiger partial charge on any atom is 0.410 e. The summed E-state index contributed by atoms with van der Waals surface area (Å²) in [6.45, 7) is 11.6. The third-order valence-corrected chi connectivity index (χ3v) is 16.5. The number of piperidine rings is 1. The quantitative estimate of drug-likeness (QED) is 0.0129. The highest BCUT2D eigenvalue weighted by atomic mass is 32.2. The lowest BCUT2D eigenvalue weighted by Crippen LogP contribution is -2.55. The molecule has 27 heteroatoms. The van der Waals surface area contributed by atoms with Crippen molar-refractivity contribution in [3.8, 4) is 0 Å². The Morgan fingerprint density at radius 3 is 2.09 bits per heavy atom. The molecule has 0 bridgehead atoms. The summed E-state index contributed by atoms with van der Waals surface area (Å²) in [7, 11) is 0. The lowest BCUT2D eigenvalue weighted by Gasteiger charge is -2.31. The van der Waals surface area contributed by atoms with E-state index in [0.717, 1.165) is 11.6 Å². The van der Waals surface area contributed by atoms with E-state index in [-0.39, 0.29) is 79.6 Å². The number of anilines is 5. The maximum atomic E-state index is 16.8. The van der Waals surface area contributed by atoms with Gasteiger partial charge in [0.25, 0.3) is 17.7 Å². The monoisotopic (exact) mass is 1230 g/mol. The van der Waals surface area contributed by atoms with Gasteiger partial charge in [-0.1, -0.05) is 64.2 Å². The number of rotatable bonds is 24. The van der Waals surface area contributed by atoms with Crippen molar-refractivity contribution in [2.45, 2.75) is 127 Å². The van der Waals surface area contributed by atoms with Gasteiger partial charge in [-0.3, -0.25) is 33.6 Å². The van der Waals surface area contributed by atoms with Crippen molar-refractivity contribution in [1.29, 1.82) is 0 Å². The highest BCUT2D eigenvalue weighted by molar-refractivity contribution is 7.99. The van der Waals surface area contributed by atoms with Gasteiger partial charge < -0.3 is 57.4 Å². The fourth-order valence-electron chi connectivity index (χ4n) is 10.2. The second kappa shape index (κ2) is 29.8. The van der Waals surface area contributed by atoms with E-state index < -0.39 is 89.2 Å². The van der Waals surface area contributed by atoms with Crippen LogP contribution in [0.15, 0.2) is 96.7 Å². The number of hydrogen-bond donors (Lipinski definition) is 8. The predicted octanol–water partition coefficient (Wildman–Crippen LogP) is 7.43. The topological polar surface area (TPSA) is 336 Å². The van der Waals surface area contributed by atoms with Crippen LogP contribution in [0.4, 0.5) is 42.5 Å². The van der Waals surface area contributed by atoms with Gasteiger partial charge in [-0.25, -0.2) is 19.4 Å². The fraction of sp³-hybridized carbons (Fsp3) is 0.410. The van der Waals surface area contributed by atoms with Crippen LogP contribution in [0.25, 0.3) is 5.65 Å². The molecule has 8 rings (SSSR count). The largest absolute Gasteiger partial charge is 0.445 e. The zero-order chi connectivity index (χ0) is 63.2. The second-order valence-electron chi connectivity index (χ2n) is 22.3. The molecule has 1 saturated carbocycles. The Morgan fingerprint density at radius 1 is 0.795 bits per heavy atom. The van der Waals surface area contributed by atoms with E-state index in [1.54, 1.807) is 97.7 Å². The number of carbonyl (C=O) groups excluding carboxylic acids is 10.